The first-order valence-corrected chi connectivity index (χ1v) is 11.3. The number of pyridine rings is 2. The number of rotatable bonds is 6. The van der Waals surface area contributed by atoms with Gasteiger partial charge in [0.2, 0.25) is 0 Å². The molecule has 0 unspecified atom stereocenters. The van der Waals surface area contributed by atoms with Crippen molar-refractivity contribution in [2.75, 3.05) is 45.3 Å². The lowest BCUT2D eigenvalue weighted by Gasteiger charge is -2.39. The Morgan fingerprint density at radius 1 is 1.09 bits per heavy atom. The first kappa shape index (κ1) is 22.6. The molecule has 0 aliphatic carbocycles. The fourth-order valence-electron chi connectivity index (χ4n) is 4.90. The van der Waals surface area contributed by atoms with Crippen LogP contribution in [0.15, 0.2) is 35.4 Å². The molecule has 0 radical (unpaired) electrons. The molecule has 7 nitrogen and oxygen atoms in total. The maximum atomic E-state index is 13.4. The zero-order chi connectivity index (χ0) is 24.2. The third-order valence-corrected chi connectivity index (χ3v) is 6.66. The van der Waals surface area contributed by atoms with Crippen LogP contribution in [0.2, 0.25) is 0 Å². The van der Waals surface area contributed by atoms with Crippen LogP contribution in [0.1, 0.15) is 12.5 Å². The number of hydrogen-bond acceptors (Lipinski definition) is 6. The molecule has 0 N–H and O–H groups in total. The average molecular weight is 471 g/mol. The van der Waals surface area contributed by atoms with E-state index >= 15 is 0 Å². The fourth-order valence-corrected chi connectivity index (χ4v) is 4.90. The van der Waals surface area contributed by atoms with Gasteiger partial charge in [-0.1, -0.05) is 6.92 Å². The molecule has 2 aromatic heterocycles. The maximum Gasteiger partial charge on any atom is 0.282 e. The van der Waals surface area contributed by atoms with Crippen molar-refractivity contribution in [1.82, 2.24) is 14.5 Å². The average Bonchev–Trinajstić information content (AvgIpc) is 2.78. The predicted molar refractivity (Wildman–Crippen MR) is 127 cm³/mol. The lowest BCUT2D eigenvalue weighted by Crippen LogP contribution is -2.56. The van der Waals surface area contributed by atoms with Crippen LogP contribution in [0.4, 0.5) is 14.6 Å². The van der Waals surface area contributed by atoms with Crippen molar-refractivity contribution in [3.63, 3.8) is 0 Å². The van der Waals surface area contributed by atoms with Crippen LogP contribution in [0.25, 0.3) is 21.9 Å². The Morgan fingerprint density at radius 3 is 2.29 bits per heavy atom. The number of halogens is 2. The Morgan fingerprint density at radius 2 is 1.74 bits per heavy atom. The van der Waals surface area contributed by atoms with E-state index in [1.54, 1.807) is 33.5 Å². The SMILES string of the molecule is COc1cc(-c2cn(C)c(=O)c3cnc(N4CC(F)(F)C4)cc23)cc(OC)c1CN1CC(C)C1. The summed E-state index contributed by atoms with van der Waals surface area (Å²) in [6.07, 6.45) is 3.23. The molecule has 3 aromatic rings. The fraction of sp³-hybridized carbons (Fsp3) is 0.440. The summed E-state index contributed by atoms with van der Waals surface area (Å²) >= 11 is 0. The Labute approximate surface area is 196 Å². The first-order valence-electron chi connectivity index (χ1n) is 11.3. The Balaban J connectivity index is 1.62. The van der Waals surface area contributed by atoms with Crippen LogP contribution < -0.4 is 19.9 Å². The van der Waals surface area contributed by atoms with Gasteiger partial charge in [0.05, 0.1) is 38.3 Å². The quantitative estimate of drug-likeness (QED) is 0.550. The second-order valence-corrected chi connectivity index (χ2v) is 9.42. The summed E-state index contributed by atoms with van der Waals surface area (Å²) in [7, 11) is 4.94. The topological polar surface area (TPSA) is 59.8 Å². The Kier molecular flexibility index (Phi) is 5.47. The summed E-state index contributed by atoms with van der Waals surface area (Å²) in [5, 5.41) is 1.07. The Hall–Kier alpha value is -3.20. The standard InChI is InChI=1S/C25H28F2N4O3/c1-15-9-30(10-15)12-20-21(33-3)5-16(6-22(20)34-4)19-11-29(2)24(32)18-8-28-23(7-17(18)19)31-13-25(26,27)14-31/h5-8,11,15H,9-10,12-14H2,1-4H3. The zero-order valence-corrected chi connectivity index (χ0v) is 19.8. The number of likely N-dealkylation sites (tertiary alicyclic amines) is 1. The molecule has 4 heterocycles. The van der Waals surface area contributed by atoms with E-state index in [0.29, 0.717) is 34.0 Å². The highest BCUT2D eigenvalue weighted by atomic mass is 19.3. The van der Waals surface area contributed by atoms with Crippen molar-refractivity contribution in [2.45, 2.75) is 19.4 Å². The van der Waals surface area contributed by atoms with Gasteiger partial charge < -0.3 is 18.9 Å². The van der Waals surface area contributed by atoms with Crippen molar-refractivity contribution in [3.8, 4) is 22.6 Å². The van der Waals surface area contributed by atoms with Gasteiger partial charge in [-0.25, -0.2) is 13.8 Å². The molecule has 0 spiro atoms. The normalized spacial score (nSPS) is 18.0. The number of aromatic nitrogens is 2. The van der Waals surface area contributed by atoms with Crippen LogP contribution in [0.3, 0.4) is 0 Å². The number of benzene rings is 1. The molecule has 5 rings (SSSR count). The first-order chi connectivity index (χ1) is 16.2. The number of nitrogens with zero attached hydrogens (tertiary/aromatic N) is 4. The molecule has 2 aliphatic heterocycles. The van der Waals surface area contributed by atoms with Crippen LogP contribution in [-0.2, 0) is 13.6 Å². The number of methoxy groups -OCH3 is 2. The highest BCUT2D eigenvalue weighted by molar-refractivity contribution is 5.97. The summed E-state index contributed by atoms with van der Waals surface area (Å²) < 4.78 is 39.9. The van der Waals surface area contributed by atoms with E-state index in [-0.39, 0.29) is 18.6 Å². The van der Waals surface area contributed by atoms with Crippen LogP contribution in [0, 0.1) is 5.92 Å². The molecule has 2 aliphatic rings. The van der Waals surface area contributed by atoms with Gasteiger partial charge in [0, 0.05) is 50.0 Å². The highest BCUT2D eigenvalue weighted by Crippen LogP contribution is 2.39. The number of ether oxygens (including phenoxy) is 2. The van der Waals surface area contributed by atoms with E-state index in [1.807, 2.05) is 12.1 Å². The lowest BCUT2D eigenvalue weighted by atomic mass is 9.97. The molecule has 0 atom stereocenters. The number of alkyl halides is 2. The van der Waals surface area contributed by atoms with E-state index in [2.05, 4.69) is 16.8 Å². The maximum absolute atomic E-state index is 13.4. The second kappa shape index (κ2) is 8.23. The van der Waals surface area contributed by atoms with Crippen molar-refractivity contribution in [3.05, 3.63) is 46.5 Å². The minimum atomic E-state index is -2.71. The smallest absolute Gasteiger partial charge is 0.282 e. The molecule has 180 valence electrons. The van der Waals surface area contributed by atoms with E-state index in [1.165, 1.54) is 15.7 Å². The van der Waals surface area contributed by atoms with Gasteiger partial charge in [-0.3, -0.25) is 9.69 Å². The van der Waals surface area contributed by atoms with Crippen LogP contribution in [0.5, 0.6) is 11.5 Å². The monoisotopic (exact) mass is 470 g/mol. The molecular weight excluding hydrogens is 442 g/mol. The van der Waals surface area contributed by atoms with Crippen molar-refractivity contribution in [1.29, 1.82) is 0 Å². The van der Waals surface area contributed by atoms with E-state index in [9.17, 15) is 13.6 Å². The summed E-state index contributed by atoms with van der Waals surface area (Å²) in [4.78, 5) is 20.9. The second-order valence-electron chi connectivity index (χ2n) is 9.42. The lowest BCUT2D eigenvalue weighted by molar-refractivity contribution is -0.0266. The number of anilines is 1. The van der Waals surface area contributed by atoms with Gasteiger partial charge in [-0.2, -0.15) is 0 Å². The largest absolute Gasteiger partial charge is 0.496 e. The minimum absolute atomic E-state index is 0.200. The molecule has 0 amide bonds. The van der Waals surface area contributed by atoms with Crippen molar-refractivity contribution >= 4 is 16.6 Å². The molecule has 34 heavy (non-hydrogen) atoms. The minimum Gasteiger partial charge on any atom is -0.496 e. The van der Waals surface area contributed by atoms with Crippen LogP contribution in [-0.4, -0.2) is 60.8 Å². The van der Waals surface area contributed by atoms with Crippen LogP contribution >= 0.6 is 0 Å². The molecular formula is C25H28F2N4O3. The molecule has 9 heteroatoms. The van der Waals surface area contributed by atoms with Crippen molar-refractivity contribution in [2.24, 2.45) is 13.0 Å². The number of fused-ring (bicyclic) bond motifs is 1. The molecule has 2 fully saturated rings. The number of aryl methyl sites for hydroxylation is 1. The van der Waals surface area contributed by atoms with Gasteiger partial charge >= 0.3 is 0 Å². The van der Waals surface area contributed by atoms with Gasteiger partial charge in [-0.15, -0.1) is 0 Å². The van der Waals surface area contributed by atoms with Gasteiger partial charge in [0.25, 0.3) is 11.5 Å². The third kappa shape index (κ3) is 3.87. The van der Waals surface area contributed by atoms with Gasteiger partial charge in [0.1, 0.15) is 17.3 Å². The number of hydrogen-bond donors (Lipinski definition) is 0. The summed E-state index contributed by atoms with van der Waals surface area (Å²) in [6, 6.07) is 5.60. The van der Waals surface area contributed by atoms with Gasteiger partial charge in [0.15, 0.2) is 0 Å². The van der Waals surface area contributed by atoms with Gasteiger partial charge in [-0.05, 0) is 29.7 Å². The Bertz CT molecular complexity index is 1280. The summed E-state index contributed by atoms with van der Waals surface area (Å²) in [5.74, 6) is -0.199. The zero-order valence-electron chi connectivity index (χ0n) is 19.8. The predicted octanol–water partition coefficient (Wildman–Crippen LogP) is 3.52. The molecule has 0 saturated carbocycles. The molecule has 0 bridgehead atoms. The highest BCUT2D eigenvalue weighted by Gasteiger charge is 2.44. The molecule has 1 aromatic carbocycles. The van der Waals surface area contributed by atoms with E-state index in [0.717, 1.165) is 36.3 Å². The van der Waals surface area contributed by atoms with Crippen molar-refractivity contribution < 1.29 is 18.3 Å². The third-order valence-electron chi connectivity index (χ3n) is 6.66. The summed E-state index contributed by atoms with van der Waals surface area (Å²) in [6.45, 7) is 4.26. The summed E-state index contributed by atoms with van der Waals surface area (Å²) in [5.41, 5.74) is 2.35. The van der Waals surface area contributed by atoms with E-state index in [4.69, 9.17) is 9.47 Å². The molecule has 2 saturated heterocycles. The van der Waals surface area contributed by atoms with E-state index < -0.39 is 5.92 Å².